The Bertz CT molecular complexity index is 2140. The van der Waals surface area contributed by atoms with Gasteiger partial charge in [-0.2, -0.15) is 23.5 Å². The van der Waals surface area contributed by atoms with Gasteiger partial charge >= 0.3 is 5.97 Å². The van der Waals surface area contributed by atoms with Gasteiger partial charge in [0, 0.05) is 24.5 Å². The second-order valence-corrected chi connectivity index (χ2v) is 21.0. The van der Waals surface area contributed by atoms with E-state index in [1.54, 1.807) is 26.0 Å². The van der Waals surface area contributed by atoms with E-state index in [0.717, 1.165) is 29.9 Å². The molecule has 0 bridgehead atoms. The third kappa shape index (κ3) is 22.1. The predicted octanol–water partition coefficient (Wildman–Crippen LogP) is -3.14. The van der Waals surface area contributed by atoms with Crippen LogP contribution in [0.25, 0.3) is 0 Å². The van der Waals surface area contributed by atoms with E-state index in [-0.39, 0.29) is 91.0 Å². The molecule has 2 fully saturated rings. The number of amides is 8. The van der Waals surface area contributed by atoms with E-state index in [1.807, 2.05) is 13.8 Å². The third-order valence-corrected chi connectivity index (χ3v) is 13.7. The Kier molecular flexibility index (Phi) is 26.5. The van der Waals surface area contributed by atoms with Crippen molar-refractivity contribution in [3.8, 4) is 5.75 Å². The number of nitrogens with zero attached hydrogens (tertiary/aromatic N) is 1. The number of aliphatic hydroxyl groups excluding tert-OH is 1. The summed E-state index contributed by atoms with van der Waals surface area (Å²) in [6.45, 7) is 8.14. The number of nitrogens with two attached hydrogens (primary N) is 2. The molecule has 0 spiro atoms. The Morgan fingerprint density at radius 1 is 0.730 bits per heavy atom. The van der Waals surface area contributed by atoms with Gasteiger partial charge in [-0.3, -0.25) is 48.1 Å². The van der Waals surface area contributed by atoms with Gasteiger partial charge < -0.3 is 74.6 Å². The Labute approximate surface area is 438 Å². The summed E-state index contributed by atoms with van der Waals surface area (Å²) in [6, 6.07) is -5.94. The summed E-state index contributed by atoms with van der Waals surface area (Å²) in [5, 5.41) is 53.0. The SMILES string of the molecule is CC(C)C[C@@H]1NC(=O)[C@H](Cc2ccc(O)cc2)NC(=O)[C@H](CC(C)C)NC(=O)[C@H](NC(=O)[C@@H]2CCCN2)CSCC(=O)CSC[C@@H](C(=O)N[C@@H](CO)C(=O)O)NC(=O)[C@H](CCCN=C(N)N)NC(=O)[C@H](C)NC1=O. The molecule has 27 heteroatoms. The molecule has 0 aromatic heterocycles. The summed E-state index contributed by atoms with van der Waals surface area (Å²) in [4.78, 5) is 141. The first kappa shape index (κ1) is 62.1. The number of Topliss-reactive ketones (excluding diaryl/α,β-unsaturated/α-hetero) is 1. The van der Waals surface area contributed by atoms with Gasteiger partial charge in [-0.15, -0.1) is 0 Å². The number of hydrogen-bond acceptors (Lipinski definition) is 16. The van der Waals surface area contributed by atoms with Gasteiger partial charge in [0.2, 0.25) is 47.3 Å². The highest BCUT2D eigenvalue weighted by molar-refractivity contribution is 8.01. The lowest BCUT2D eigenvalue weighted by Gasteiger charge is -2.28. The summed E-state index contributed by atoms with van der Waals surface area (Å²) in [5.74, 6) is -9.93. The number of guanidine groups is 1. The maximum Gasteiger partial charge on any atom is 0.328 e. The molecular weight excluding hydrogens is 1000 g/mol. The number of carboxylic acid groups (broad SMARTS) is 1. The van der Waals surface area contributed by atoms with E-state index < -0.39 is 114 Å². The molecule has 2 aliphatic rings. The Balaban J connectivity index is 2.10. The Morgan fingerprint density at radius 2 is 1.28 bits per heavy atom. The number of ketones is 1. The number of aliphatic hydroxyl groups is 1. The number of aliphatic imine (C=N–C) groups is 1. The minimum Gasteiger partial charge on any atom is -0.508 e. The fourth-order valence-corrected chi connectivity index (χ4v) is 9.61. The van der Waals surface area contributed by atoms with E-state index in [0.29, 0.717) is 18.5 Å². The second-order valence-electron chi connectivity index (χ2n) is 19.0. The molecule has 9 atom stereocenters. The number of phenols is 1. The van der Waals surface area contributed by atoms with Crippen LogP contribution in [0.1, 0.15) is 78.7 Å². The maximum atomic E-state index is 14.4. The molecule has 25 nitrogen and oxygen atoms in total. The average molecular weight is 1080 g/mol. The number of thioether (sulfide) groups is 2. The molecule has 0 unspecified atom stereocenters. The first-order valence-electron chi connectivity index (χ1n) is 24.5. The highest BCUT2D eigenvalue weighted by atomic mass is 32.2. The zero-order valence-electron chi connectivity index (χ0n) is 42.4. The third-order valence-electron chi connectivity index (χ3n) is 11.6. The molecular formula is C47H74N12O13S2. The van der Waals surface area contributed by atoms with Crippen molar-refractivity contribution in [2.45, 2.75) is 134 Å². The lowest BCUT2D eigenvalue weighted by Crippen LogP contribution is -2.61. The van der Waals surface area contributed by atoms with Crippen LogP contribution in [0.2, 0.25) is 0 Å². The Morgan fingerprint density at radius 3 is 1.85 bits per heavy atom. The van der Waals surface area contributed by atoms with E-state index >= 15 is 0 Å². The van der Waals surface area contributed by atoms with Gasteiger partial charge in [0.1, 0.15) is 54.1 Å². The van der Waals surface area contributed by atoms with Crippen LogP contribution >= 0.6 is 23.5 Å². The van der Waals surface area contributed by atoms with Crippen LogP contribution < -0.4 is 59.3 Å². The summed E-state index contributed by atoms with van der Waals surface area (Å²) in [6.07, 6.45) is 1.24. The molecule has 8 amide bonds. The second kappa shape index (κ2) is 31.5. The minimum atomic E-state index is -1.77. The van der Waals surface area contributed by atoms with Crippen molar-refractivity contribution < 1.29 is 63.3 Å². The molecule has 2 saturated heterocycles. The Hall–Kier alpha value is -6.19. The number of hydrogen-bond donors (Lipinski definition) is 14. The maximum absolute atomic E-state index is 14.4. The summed E-state index contributed by atoms with van der Waals surface area (Å²) >= 11 is 1.91. The molecule has 74 heavy (non-hydrogen) atoms. The number of carbonyl (C=O) groups excluding carboxylic acids is 9. The van der Waals surface area contributed by atoms with E-state index in [4.69, 9.17) is 11.5 Å². The number of benzene rings is 1. The molecule has 3 rings (SSSR count). The number of nitrogens with one attached hydrogen (secondary N) is 9. The number of carboxylic acids is 1. The van der Waals surface area contributed by atoms with Gasteiger partial charge in [0.25, 0.3) is 0 Å². The van der Waals surface area contributed by atoms with E-state index in [1.165, 1.54) is 19.1 Å². The number of aromatic hydroxyl groups is 1. The quantitative estimate of drug-likeness (QED) is 0.0442. The van der Waals surface area contributed by atoms with Crippen LogP contribution in [0.4, 0.5) is 0 Å². The molecule has 0 saturated carbocycles. The summed E-state index contributed by atoms with van der Waals surface area (Å²) in [7, 11) is 0. The standard InChI is InChI=1S/C47H74N12O13S2/c1-24(2)16-32-41(66)52-26(5)38(63)53-31(9-7-15-51-47(48)49)40(65)59-37(45(70)57-35(19-60)46(71)72)23-74-21-29(62)20-73-22-36(58-39(64)30-8-6-14-50-30)44(69)55-33(17-25(3)4)42(67)56-34(43(68)54-32)18-27-10-12-28(61)13-11-27/h10-13,24-26,30-37,50,60-61H,6-9,14-23H2,1-5H3,(H,52,66)(H,53,63)(H,54,68)(H,55,69)(H,56,67)(H,57,70)(H,58,64)(H,59,65)(H,71,72)(H4,48,49,51)/t26-,30-,31-,32-,33-,34-,35-,36+,37-/m0/s1. The smallest absolute Gasteiger partial charge is 0.328 e. The molecule has 2 heterocycles. The van der Waals surface area contributed by atoms with Gasteiger partial charge in [-0.1, -0.05) is 39.8 Å². The number of carbonyl (C=O) groups is 10. The molecule has 2 aliphatic heterocycles. The lowest BCUT2D eigenvalue weighted by molar-refractivity contribution is -0.143. The van der Waals surface area contributed by atoms with E-state index in [2.05, 4.69) is 52.8 Å². The molecule has 0 radical (unpaired) electrons. The fraction of sp³-hybridized carbons (Fsp3) is 0.638. The molecule has 1 aromatic rings. The van der Waals surface area contributed by atoms with Gasteiger partial charge in [-0.05, 0) is 81.5 Å². The van der Waals surface area contributed by atoms with Gasteiger partial charge in [0.15, 0.2) is 11.7 Å². The van der Waals surface area contributed by atoms with Gasteiger partial charge in [-0.25, -0.2) is 4.79 Å². The topological polar surface area (TPSA) is 404 Å². The first-order chi connectivity index (χ1) is 35.0. The highest BCUT2D eigenvalue weighted by Crippen LogP contribution is 2.16. The number of phenolic OH excluding ortho intramolecular Hbond substituents is 1. The zero-order valence-corrected chi connectivity index (χ0v) is 44.0. The van der Waals surface area contributed by atoms with Gasteiger partial charge in [0.05, 0.1) is 24.2 Å². The van der Waals surface area contributed by atoms with Crippen molar-refractivity contribution in [2.24, 2.45) is 28.3 Å². The van der Waals surface area contributed by atoms with Crippen molar-refractivity contribution in [1.29, 1.82) is 0 Å². The van der Waals surface area contributed by atoms with Crippen LogP contribution in [0.3, 0.4) is 0 Å². The summed E-state index contributed by atoms with van der Waals surface area (Å²) in [5.41, 5.74) is 11.5. The number of rotatable bonds is 16. The first-order valence-corrected chi connectivity index (χ1v) is 26.8. The van der Waals surface area contributed by atoms with Crippen molar-refractivity contribution in [3.05, 3.63) is 29.8 Å². The number of aliphatic carboxylic acids is 1. The molecule has 0 aliphatic carbocycles. The van der Waals surface area contributed by atoms with Crippen LogP contribution in [0.5, 0.6) is 5.75 Å². The molecule has 16 N–H and O–H groups in total. The van der Waals surface area contributed by atoms with E-state index in [9.17, 15) is 63.3 Å². The minimum absolute atomic E-state index is 0.0175. The van der Waals surface area contributed by atoms with Crippen molar-refractivity contribution in [2.75, 3.05) is 42.7 Å². The largest absolute Gasteiger partial charge is 0.508 e. The van der Waals surface area contributed by atoms with Crippen molar-refractivity contribution in [1.82, 2.24) is 47.9 Å². The predicted molar refractivity (Wildman–Crippen MR) is 277 cm³/mol. The van der Waals surface area contributed by atoms with Crippen LogP contribution in [0.15, 0.2) is 29.3 Å². The zero-order chi connectivity index (χ0) is 55.1. The molecule has 412 valence electrons. The lowest BCUT2D eigenvalue weighted by atomic mass is 9.99. The molecule has 1 aromatic carbocycles. The average Bonchev–Trinajstić information content (AvgIpc) is 3.88. The fourth-order valence-electron chi connectivity index (χ4n) is 7.65. The normalized spacial score (nSPS) is 25.1. The van der Waals surface area contributed by atoms with Crippen molar-refractivity contribution >= 4 is 88.5 Å². The monoisotopic (exact) mass is 1080 g/mol. The summed E-state index contributed by atoms with van der Waals surface area (Å²) < 4.78 is 0. The van der Waals surface area contributed by atoms with Crippen LogP contribution in [-0.2, 0) is 54.4 Å². The highest BCUT2D eigenvalue weighted by Gasteiger charge is 2.36. The van der Waals surface area contributed by atoms with Crippen LogP contribution in [-0.4, -0.2) is 177 Å². The van der Waals surface area contributed by atoms with Crippen LogP contribution in [0, 0.1) is 11.8 Å². The van der Waals surface area contributed by atoms with Crippen molar-refractivity contribution in [3.63, 3.8) is 0 Å².